The van der Waals surface area contributed by atoms with Crippen LogP contribution in [0.5, 0.6) is 0 Å². The maximum atomic E-state index is 8.36. The molecule has 0 aliphatic rings. The molecule has 0 bridgehead atoms. The molecule has 0 aromatic heterocycles. The second-order valence-corrected chi connectivity index (χ2v) is 0.238. The Morgan fingerprint density at radius 1 is 1.57 bits per heavy atom. The molecule has 0 fully saturated rings. The quantitative estimate of drug-likeness (QED) is 0.320. The summed E-state index contributed by atoms with van der Waals surface area (Å²) in [6.45, 7) is 0. The van der Waals surface area contributed by atoms with Gasteiger partial charge in [0.1, 0.15) is 0 Å². The van der Waals surface area contributed by atoms with Gasteiger partial charge in [0.05, 0.1) is 0 Å². The zero-order valence-corrected chi connectivity index (χ0v) is 6.61. The van der Waals surface area contributed by atoms with Crippen molar-refractivity contribution >= 4 is 50.1 Å². The molecular formula is H4CaClNO3Zn. The number of hydrogen-bond donors (Lipinski definition) is 1. The van der Waals surface area contributed by atoms with Gasteiger partial charge in [-0.3, -0.25) is 0 Å². The van der Waals surface area contributed by atoms with E-state index in [9.17, 15) is 0 Å². The van der Waals surface area contributed by atoms with Crippen molar-refractivity contribution in [2.75, 3.05) is 0 Å². The van der Waals surface area contributed by atoms with Gasteiger partial charge < -0.3 is 5.21 Å². The van der Waals surface area contributed by atoms with Crippen molar-refractivity contribution in [2.45, 2.75) is 0 Å². The maximum Gasteiger partial charge on any atom is 0 e. The molecular weight excluding hydrogens is 203 g/mol. The molecule has 0 radical (unpaired) electrons. The summed E-state index contributed by atoms with van der Waals surface area (Å²) in [4.78, 5) is 8.36. The Hall–Kier alpha value is 1.37. The van der Waals surface area contributed by atoms with E-state index in [0.717, 1.165) is 0 Å². The van der Waals surface area contributed by atoms with E-state index in [2.05, 4.69) is 0 Å². The first-order valence-corrected chi connectivity index (χ1v) is 0.565. The van der Waals surface area contributed by atoms with Gasteiger partial charge in [0, 0.05) is 19.5 Å². The molecule has 0 aliphatic heterocycles. The van der Waals surface area contributed by atoms with E-state index < -0.39 is 5.09 Å². The molecule has 0 aromatic carbocycles. The van der Waals surface area contributed by atoms with Gasteiger partial charge in [-0.1, -0.05) is 0 Å². The van der Waals surface area contributed by atoms with Crippen LogP contribution in [0.25, 0.3) is 0 Å². The van der Waals surface area contributed by atoms with Crippen LogP contribution >= 0.6 is 12.4 Å². The molecule has 0 atom stereocenters. The average molecular weight is 207 g/mol. The molecule has 7 heteroatoms. The molecule has 0 saturated heterocycles. The molecule has 0 aromatic rings. The van der Waals surface area contributed by atoms with Gasteiger partial charge in [-0.25, -0.2) is 0 Å². The van der Waals surface area contributed by atoms with Gasteiger partial charge in [0.2, 0.25) is 0 Å². The molecule has 0 unspecified atom stereocenters. The zero-order valence-electron chi connectivity index (χ0n) is 2.83. The van der Waals surface area contributed by atoms with E-state index in [-0.39, 0.29) is 69.6 Å². The van der Waals surface area contributed by atoms with Crippen LogP contribution in [0.15, 0.2) is 0 Å². The van der Waals surface area contributed by atoms with Crippen molar-refractivity contribution in [1.82, 2.24) is 0 Å². The first-order chi connectivity index (χ1) is 1.73. The third-order valence-electron chi connectivity index (χ3n) is 0. The topological polar surface area (TPSA) is 63.4 Å². The van der Waals surface area contributed by atoms with Crippen molar-refractivity contribution in [3.8, 4) is 0 Å². The van der Waals surface area contributed by atoms with Crippen molar-refractivity contribution in [3.05, 3.63) is 10.1 Å². The molecule has 4 nitrogen and oxygen atoms in total. The van der Waals surface area contributed by atoms with Crippen molar-refractivity contribution < 1.29 is 29.8 Å². The summed E-state index contributed by atoms with van der Waals surface area (Å²) in [5.74, 6) is 0. The minimum absolute atomic E-state index is 0. The summed E-state index contributed by atoms with van der Waals surface area (Å²) in [5, 5.41) is 13.6. The first kappa shape index (κ1) is 23.8. The Morgan fingerprint density at radius 2 is 1.57 bits per heavy atom. The van der Waals surface area contributed by atoms with E-state index in [1.807, 2.05) is 0 Å². The second kappa shape index (κ2) is 15.7. The Kier molecular flexibility index (Phi) is 53.2. The summed E-state index contributed by atoms with van der Waals surface area (Å²) in [5.41, 5.74) is 0. The molecule has 0 amide bonds. The first-order valence-electron chi connectivity index (χ1n) is 0.565. The summed E-state index contributed by atoms with van der Waals surface area (Å²) in [6.07, 6.45) is 0. The fraction of sp³-hybridized carbons (Fsp3) is 0. The Balaban J connectivity index is -0.0000000150. The third-order valence-corrected chi connectivity index (χ3v) is 0. The van der Waals surface area contributed by atoms with E-state index in [1.54, 1.807) is 0 Å². The van der Waals surface area contributed by atoms with E-state index >= 15 is 0 Å². The van der Waals surface area contributed by atoms with Gasteiger partial charge in [-0.15, -0.1) is 22.5 Å². The summed E-state index contributed by atoms with van der Waals surface area (Å²) in [6, 6.07) is 0. The van der Waals surface area contributed by atoms with Gasteiger partial charge >= 0.3 is 37.7 Å². The third kappa shape index (κ3) is 113. The largest absolute Gasteiger partial charge is 0 e. The smallest absolute Gasteiger partial charge is 0 e. The van der Waals surface area contributed by atoms with Crippen LogP contribution in [0, 0.1) is 10.1 Å². The van der Waals surface area contributed by atoms with Crippen LogP contribution in [0.3, 0.4) is 0 Å². The Labute approximate surface area is 88.9 Å². The monoisotopic (exact) mass is 205 g/mol. The van der Waals surface area contributed by atoms with Gasteiger partial charge in [-0.2, -0.15) is 0 Å². The van der Waals surface area contributed by atoms with Crippen LogP contribution in [0.4, 0.5) is 0 Å². The summed E-state index contributed by atoms with van der Waals surface area (Å²) < 4.78 is 0. The zero-order chi connectivity index (χ0) is 3.58. The molecule has 7 heavy (non-hydrogen) atoms. The fourth-order valence-electron chi connectivity index (χ4n) is 0. The van der Waals surface area contributed by atoms with E-state index in [4.69, 9.17) is 15.3 Å². The van der Waals surface area contributed by atoms with Crippen LogP contribution in [-0.2, 0) is 19.5 Å². The van der Waals surface area contributed by atoms with E-state index in [0.29, 0.717) is 0 Å². The number of hydrogen-bond acceptors (Lipinski definition) is 2. The molecule has 0 rings (SSSR count). The molecule has 1 N–H and O–H groups in total. The van der Waals surface area contributed by atoms with Crippen LogP contribution in [-0.4, -0.2) is 48.0 Å². The van der Waals surface area contributed by atoms with E-state index in [1.165, 1.54) is 0 Å². The second-order valence-electron chi connectivity index (χ2n) is 0.238. The fourth-order valence-corrected chi connectivity index (χ4v) is 0. The molecule has 38 valence electrons. The minimum atomic E-state index is -1.50. The Bertz CT molecular complexity index is 37.9. The minimum Gasteiger partial charge on any atom is 0 e. The summed E-state index contributed by atoms with van der Waals surface area (Å²) in [7, 11) is 0. The Morgan fingerprint density at radius 3 is 1.57 bits per heavy atom. The maximum absolute atomic E-state index is 8.36. The molecule has 0 aliphatic carbocycles. The van der Waals surface area contributed by atoms with Gasteiger partial charge in [0.25, 0.3) is 5.09 Å². The van der Waals surface area contributed by atoms with Crippen LogP contribution < -0.4 is 0 Å². The van der Waals surface area contributed by atoms with Gasteiger partial charge in [0.15, 0.2) is 0 Å². The van der Waals surface area contributed by atoms with Crippen LogP contribution in [0.1, 0.15) is 0 Å². The normalized spacial score (nSPS) is 3.43. The molecule has 0 spiro atoms. The average Bonchev–Trinajstić information content (AvgIpc) is 0.811. The van der Waals surface area contributed by atoms with Crippen molar-refractivity contribution in [2.24, 2.45) is 0 Å². The van der Waals surface area contributed by atoms with Crippen molar-refractivity contribution in [1.29, 1.82) is 0 Å². The SMILES string of the molecule is Cl.O=[N+]([O-])O.[CaH2].[Zn]. The number of nitrogens with zero attached hydrogens (tertiary/aromatic N) is 1. The molecule has 0 saturated carbocycles. The predicted molar refractivity (Wildman–Crippen MR) is 24.6 cm³/mol. The summed E-state index contributed by atoms with van der Waals surface area (Å²) >= 11 is 0. The standard InChI is InChI=1S/Ca.ClH.HNO3.Zn.2H/c;;2-1(3)4;;;/h;1H;(H,2,3,4);;;. The number of rotatable bonds is 0. The number of halogens is 1. The van der Waals surface area contributed by atoms with Crippen molar-refractivity contribution in [3.63, 3.8) is 0 Å². The van der Waals surface area contributed by atoms with Gasteiger partial charge in [-0.05, 0) is 0 Å². The molecule has 0 heterocycles. The van der Waals surface area contributed by atoms with Crippen LogP contribution in [0.2, 0.25) is 0 Å². The predicted octanol–water partition coefficient (Wildman–Crippen LogP) is -0.845.